The van der Waals surface area contributed by atoms with E-state index < -0.39 is 0 Å². The monoisotopic (exact) mass is 319 g/mol. The van der Waals surface area contributed by atoms with Crippen molar-refractivity contribution in [3.05, 3.63) is 22.3 Å². The normalized spacial score (nSPS) is 21.5. The Kier molecular flexibility index (Phi) is 3.40. The number of carbonyl (C=O) groups is 1. The second-order valence-electron chi connectivity index (χ2n) is 5.82. The molecule has 8 heteroatoms. The van der Waals surface area contributed by atoms with Gasteiger partial charge in [0.15, 0.2) is 5.82 Å². The molecule has 1 atom stereocenters. The first-order valence-electron chi connectivity index (χ1n) is 7.73. The summed E-state index contributed by atoms with van der Waals surface area (Å²) >= 11 is 1.17. The van der Waals surface area contributed by atoms with E-state index in [0.717, 1.165) is 43.8 Å². The Hall–Kier alpha value is -1.83. The average Bonchev–Trinajstić information content (AvgIpc) is 3.02. The highest BCUT2D eigenvalue weighted by Gasteiger charge is 2.37. The standard InChI is InChI=1S/C14H17N5O2S/c1-2-9-11(22-18-16-9)14(20)19-7-3-4-10(19)12-15-13(21-17-12)8-5-6-8/h8,10H,2-7H2,1H3/t10-/m0/s1. The molecule has 1 aliphatic heterocycles. The molecule has 2 aliphatic rings. The number of likely N-dealkylation sites (tertiary alicyclic amines) is 1. The third-order valence-corrected chi connectivity index (χ3v) is 5.04. The zero-order valence-electron chi connectivity index (χ0n) is 12.4. The highest BCUT2D eigenvalue weighted by Crippen LogP contribution is 2.40. The van der Waals surface area contributed by atoms with Crippen LogP contribution in [0.5, 0.6) is 0 Å². The van der Waals surface area contributed by atoms with Crippen LogP contribution in [0.4, 0.5) is 0 Å². The van der Waals surface area contributed by atoms with Gasteiger partial charge < -0.3 is 9.42 Å². The maximum atomic E-state index is 12.8. The summed E-state index contributed by atoms with van der Waals surface area (Å²) in [5.74, 6) is 1.79. The van der Waals surface area contributed by atoms with Crippen LogP contribution in [-0.4, -0.2) is 37.1 Å². The van der Waals surface area contributed by atoms with Crippen LogP contribution in [-0.2, 0) is 6.42 Å². The molecule has 0 aromatic carbocycles. The second-order valence-corrected chi connectivity index (χ2v) is 6.58. The summed E-state index contributed by atoms with van der Waals surface area (Å²) in [7, 11) is 0. The van der Waals surface area contributed by atoms with Crippen molar-refractivity contribution in [3.63, 3.8) is 0 Å². The third-order valence-electron chi connectivity index (χ3n) is 4.28. The molecule has 1 saturated heterocycles. The number of hydrogen-bond acceptors (Lipinski definition) is 7. The molecule has 2 aromatic heterocycles. The summed E-state index contributed by atoms with van der Waals surface area (Å²) in [4.78, 5) is 19.8. The summed E-state index contributed by atoms with van der Waals surface area (Å²) in [6.07, 6.45) is 4.80. The molecular weight excluding hydrogens is 302 g/mol. The van der Waals surface area contributed by atoms with Crippen molar-refractivity contribution in [1.29, 1.82) is 0 Å². The molecule has 2 fully saturated rings. The summed E-state index contributed by atoms with van der Waals surface area (Å²) < 4.78 is 9.26. The maximum absolute atomic E-state index is 12.8. The largest absolute Gasteiger partial charge is 0.339 e. The molecule has 2 aromatic rings. The van der Waals surface area contributed by atoms with Crippen molar-refractivity contribution in [2.24, 2.45) is 0 Å². The highest BCUT2D eigenvalue weighted by molar-refractivity contribution is 7.08. The Bertz CT molecular complexity index is 693. The van der Waals surface area contributed by atoms with Crippen molar-refractivity contribution >= 4 is 17.4 Å². The van der Waals surface area contributed by atoms with Gasteiger partial charge in [-0.25, -0.2) is 0 Å². The smallest absolute Gasteiger partial charge is 0.268 e. The summed E-state index contributed by atoms with van der Waals surface area (Å²) in [5.41, 5.74) is 0.771. The van der Waals surface area contributed by atoms with Crippen LogP contribution >= 0.6 is 11.5 Å². The molecule has 0 radical (unpaired) electrons. The van der Waals surface area contributed by atoms with Crippen molar-refractivity contribution in [2.45, 2.75) is 51.0 Å². The maximum Gasteiger partial charge on any atom is 0.268 e. The molecule has 1 aliphatic carbocycles. The lowest BCUT2D eigenvalue weighted by molar-refractivity contribution is 0.0732. The van der Waals surface area contributed by atoms with Crippen LogP contribution in [0.2, 0.25) is 0 Å². The van der Waals surface area contributed by atoms with Crippen LogP contribution in [0.25, 0.3) is 0 Å². The second kappa shape index (κ2) is 5.42. The van der Waals surface area contributed by atoms with Gasteiger partial charge in [0, 0.05) is 12.5 Å². The predicted molar refractivity (Wildman–Crippen MR) is 78.6 cm³/mol. The minimum Gasteiger partial charge on any atom is -0.339 e. The third kappa shape index (κ3) is 2.31. The molecule has 0 unspecified atom stereocenters. The number of amides is 1. The van der Waals surface area contributed by atoms with E-state index in [2.05, 4.69) is 19.7 Å². The molecule has 0 spiro atoms. The fourth-order valence-electron chi connectivity index (χ4n) is 2.89. The van der Waals surface area contributed by atoms with E-state index in [1.165, 1.54) is 11.5 Å². The fourth-order valence-corrected chi connectivity index (χ4v) is 3.60. The van der Waals surface area contributed by atoms with E-state index in [1.807, 2.05) is 11.8 Å². The SMILES string of the molecule is CCc1nnsc1C(=O)N1CCC[C@H]1c1noc(C2CC2)n1. The topological polar surface area (TPSA) is 85.0 Å². The molecule has 4 rings (SSSR count). The number of aryl methyl sites for hydroxylation is 1. The first-order chi connectivity index (χ1) is 10.8. The predicted octanol–water partition coefficient (Wildman–Crippen LogP) is 2.34. The highest BCUT2D eigenvalue weighted by atomic mass is 32.1. The molecule has 0 bridgehead atoms. The number of rotatable bonds is 4. The zero-order chi connectivity index (χ0) is 15.1. The van der Waals surface area contributed by atoms with Gasteiger partial charge in [-0.1, -0.05) is 16.6 Å². The fraction of sp³-hybridized carbons (Fsp3) is 0.643. The Labute approximate surface area is 131 Å². The minimum absolute atomic E-state index is 0.00729. The summed E-state index contributed by atoms with van der Waals surface area (Å²) in [6, 6.07) is -0.0874. The molecule has 1 amide bonds. The van der Waals surface area contributed by atoms with Gasteiger partial charge in [-0.2, -0.15) is 4.98 Å². The molecular formula is C14H17N5O2S. The Morgan fingerprint density at radius 2 is 2.27 bits per heavy atom. The Morgan fingerprint density at radius 3 is 3.05 bits per heavy atom. The van der Waals surface area contributed by atoms with Crippen molar-refractivity contribution < 1.29 is 9.32 Å². The van der Waals surface area contributed by atoms with Gasteiger partial charge in [0.1, 0.15) is 4.88 Å². The van der Waals surface area contributed by atoms with Crippen LogP contribution in [0.1, 0.15) is 71.6 Å². The van der Waals surface area contributed by atoms with Gasteiger partial charge in [0.2, 0.25) is 5.89 Å². The van der Waals surface area contributed by atoms with E-state index in [4.69, 9.17) is 4.52 Å². The van der Waals surface area contributed by atoms with Crippen molar-refractivity contribution in [2.75, 3.05) is 6.54 Å². The summed E-state index contributed by atoms with van der Waals surface area (Å²) in [5, 5.41) is 8.14. The number of carbonyl (C=O) groups excluding carboxylic acids is 1. The zero-order valence-corrected chi connectivity index (χ0v) is 13.2. The quantitative estimate of drug-likeness (QED) is 0.860. The van der Waals surface area contributed by atoms with Crippen LogP contribution < -0.4 is 0 Å². The van der Waals surface area contributed by atoms with Gasteiger partial charge in [-0.3, -0.25) is 4.79 Å². The van der Waals surface area contributed by atoms with E-state index in [-0.39, 0.29) is 11.9 Å². The molecule has 3 heterocycles. The lowest BCUT2D eigenvalue weighted by Crippen LogP contribution is -2.31. The van der Waals surface area contributed by atoms with E-state index in [0.29, 0.717) is 23.0 Å². The van der Waals surface area contributed by atoms with Gasteiger partial charge >= 0.3 is 0 Å². The molecule has 116 valence electrons. The van der Waals surface area contributed by atoms with Crippen LogP contribution in [0, 0.1) is 0 Å². The lowest BCUT2D eigenvalue weighted by atomic mass is 10.2. The van der Waals surface area contributed by atoms with Crippen LogP contribution in [0.3, 0.4) is 0 Å². The number of hydrogen-bond donors (Lipinski definition) is 0. The number of aromatic nitrogens is 4. The molecule has 0 N–H and O–H groups in total. The first-order valence-corrected chi connectivity index (χ1v) is 8.51. The molecule has 22 heavy (non-hydrogen) atoms. The average molecular weight is 319 g/mol. The van der Waals surface area contributed by atoms with Gasteiger partial charge in [-0.05, 0) is 43.6 Å². The first kappa shape index (κ1) is 13.8. The van der Waals surface area contributed by atoms with Crippen molar-refractivity contribution in [1.82, 2.24) is 24.6 Å². The van der Waals surface area contributed by atoms with E-state index >= 15 is 0 Å². The van der Waals surface area contributed by atoms with Gasteiger partial charge in [-0.15, -0.1) is 5.10 Å². The van der Waals surface area contributed by atoms with E-state index in [9.17, 15) is 4.79 Å². The summed E-state index contributed by atoms with van der Waals surface area (Å²) in [6.45, 7) is 2.70. The van der Waals surface area contributed by atoms with Gasteiger partial charge in [0.05, 0.1) is 11.7 Å². The van der Waals surface area contributed by atoms with Gasteiger partial charge in [0.25, 0.3) is 5.91 Å². The minimum atomic E-state index is -0.0874. The Morgan fingerprint density at radius 1 is 1.41 bits per heavy atom. The molecule has 7 nitrogen and oxygen atoms in total. The lowest BCUT2D eigenvalue weighted by Gasteiger charge is -2.21. The van der Waals surface area contributed by atoms with E-state index in [1.54, 1.807) is 0 Å². The Balaban J connectivity index is 1.58. The van der Waals surface area contributed by atoms with Crippen molar-refractivity contribution in [3.8, 4) is 0 Å². The number of nitrogens with zero attached hydrogens (tertiary/aromatic N) is 5. The van der Waals surface area contributed by atoms with Crippen LogP contribution in [0.15, 0.2) is 4.52 Å². The molecule has 1 saturated carbocycles.